The molecule has 0 aromatic heterocycles. The Morgan fingerprint density at radius 2 is 1.86 bits per heavy atom. The van der Waals surface area contributed by atoms with E-state index in [4.69, 9.17) is 4.74 Å². The highest BCUT2D eigenvalue weighted by atomic mass is 32.2. The lowest BCUT2D eigenvalue weighted by molar-refractivity contribution is -0.154. The molecule has 1 aliphatic rings. The van der Waals surface area contributed by atoms with Gasteiger partial charge in [0.1, 0.15) is 6.04 Å². The minimum absolute atomic E-state index is 0.0571. The zero-order chi connectivity index (χ0) is 21.1. The van der Waals surface area contributed by atoms with E-state index in [1.807, 2.05) is 20.8 Å². The summed E-state index contributed by atoms with van der Waals surface area (Å²) in [4.78, 5) is 26.1. The van der Waals surface area contributed by atoms with E-state index in [9.17, 15) is 23.1 Å². The van der Waals surface area contributed by atoms with Crippen molar-refractivity contribution in [1.82, 2.24) is 9.21 Å². The van der Waals surface area contributed by atoms with Crippen molar-refractivity contribution in [3.8, 4) is 0 Å². The lowest BCUT2D eigenvalue weighted by Crippen LogP contribution is -2.43. The molecule has 2 unspecified atom stereocenters. The van der Waals surface area contributed by atoms with Gasteiger partial charge in [0, 0.05) is 26.1 Å². The van der Waals surface area contributed by atoms with Gasteiger partial charge in [-0.3, -0.25) is 9.59 Å². The van der Waals surface area contributed by atoms with Gasteiger partial charge in [-0.15, -0.1) is 0 Å². The van der Waals surface area contributed by atoms with Gasteiger partial charge < -0.3 is 14.7 Å². The van der Waals surface area contributed by atoms with E-state index < -0.39 is 34.7 Å². The molecule has 28 heavy (non-hydrogen) atoms. The van der Waals surface area contributed by atoms with Crippen LogP contribution in [0.15, 0.2) is 23.1 Å². The second kappa shape index (κ2) is 9.02. The number of esters is 1. The lowest BCUT2D eigenvalue weighted by atomic mass is 10.1. The quantitative estimate of drug-likeness (QED) is 0.666. The predicted octanol–water partition coefficient (Wildman–Crippen LogP) is 0.839. The molecule has 2 atom stereocenters. The third-order valence-corrected chi connectivity index (χ3v) is 6.92. The average molecular weight is 413 g/mol. The number of carbonyl (C=O) groups is 2. The molecule has 0 radical (unpaired) electrons. The fourth-order valence-electron chi connectivity index (χ4n) is 3.17. The number of benzene rings is 1. The van der Waals surface area contributed by atoms with Crippen LogP contribution < -0.4 is 0 Å². The van der Waals surface area contributed by atoms with Crippen LogP contribution in [0.5, 0.6) is 0 Å². The molecule has 9 heteroatoms. The molecule has 1 aromatic carbocycles. The van der Waals surface area contributed by atoms with Crippen molar-refractivity contribution < 1.29 is 27.9 Å². The lowest BCUT2D eigenvalue weighted by Gasteiger charge is -2.23. The number of ether oxygens (including phenoxy) is 1. The normalized spacial score (nSPS) is 20.2. The van der Waals surface area contributed by atoms with Crippen LogP contribution in [0.1, 0.15) is 31.4 Å². The number of hydrogen-bond donors (Lipinski definition) is 1. The summed E-state index contributed by atoms with van der Waals surface area (Å²) in [6.07, 6.45) is -1.04. The van der Waals surface area contributed by atoms with Gasteiger partial charge in [0.15, 0.2) is 6.61 Å². The van der Waals surface area contributed by atoms with Crippen molar-refractivity contribution in [2.24, 2.45) is 0 Å². The molecule has 1 aromatic rings. The first kappa shape index (κ1) is 22.3. The highest BCUT2D eigenvalue weighted by Crippen LogP contribution is 2.28. The highest BCUT2D eigenvalue weighted by Gasteiger charge is 2.44. The Bertz CT molecular complexity index is 835. The Kier molecular flexibility index (Phi) is 7.19. The third-order valence-electron chi connectivity index (χ3n) is 5.04. The maximum absolute atomic E-state index is 13.0. The van der Waals surface area contributed by atoms with Gasteiger partial charge in [0.05, 0.1) is 11.0 Å². The molecule has 1 fully saturated rings. The molecule has 156 valence electrons. The minimum Gasteiger partial charge on any atom is -0.454 e. The maximum Gasteiger partial charge on any atom is 0.325 e. The van der Waals surface area contributed by atoms with Crippen LogP contribution in [0.25, 0.3) is 0 Å². The third kappa shape index (κ3) is 4.71. The van der Waals surface area contributed by atoms with Crippen molar-refractivity contribution >= 4 is 21.9 Å². The molecule has 8 nitrogen and oxygen atoms in total. The van der Waals surface area contributed by atoms with Crippen molar-refractivity contribution in [2.75, 3.05) is 26.2 Å². The topological polar surface area (TPSA) is 104 Å². The maximum atomic E-state index is 13.0. The number of aliphatic hydroxyl groups is 1. The molecule has 1 aliphatic heterocycles. The summed E-state index contributed by atoms with van der Waals surface area (Å²) in [7, 11) is -3.99. The molecule has 2 rings (SSSR count). The largest absolute Gasteiger partial charge is 0.454 e. The van der Waals surface area contributed by atoms with Crippen LogP contribution in [0.3, 0.4) is 0 Å². The molecule has 0 aliphatic carbocycles. The van der Waals surface area contributed by atoms with Crippen molar-refractivity contribution in [3.63, 3.8) is 0 Å². The number of nitrogens with zero attached hydrogens (tertiary/aromatic N) is 2. The zero-order valence-corrected chi connectivity index (χ0v) is 17.5. The summed E-state index contributed by atoms with van der Waals surface area (Å²) < 4.78 is 32.1. The monoisotopic (exact) mass is 412 g/mol. The number of rotatable bonds is 7. The Balaban J connectivity index is 2.18. The van der Waals surface area contributed by atoms with Crippen molar-refractivity contribution in [1.29, 1.82) is 0 Å². The van der Waals surface area contributed by atoms with Gasteiger partial charge in [-0.05, 0) is 51.0 Å². The van der Waals surface area contributed by atoms with E-state index in [0.29, 0.717) is 13.1 Å². The Morgan fingerprint density at radius 1 is 1.21 bits per heavy atom. The summed E-state index contributed by atoms with van der Waals surface area (Å²) in [6.45, 7) is 7.63. The van der Waals surface area contributed by atoms with Crippen LogP contribution in [0, 0.1) is 13.8 Å². The van der Waals surface area contributed by atoms with Crippen LogP contribution in [-0.4, -0.2) is 73.0 Å². The number of hydrogen-bond acceptors (Lipinski definition) is 6. The summed E-state index contributed by atoms with van der Waals surface area (Å²) in [5, 5.41) is 9.98. The molecule has 1 N–H and O–H groups in total. The molecule has 1 amide bonds. The van der Waals surface area contributed by atoms with Gasteiger partial charge in [-0.1, -0.05) is 6.07 Å². The van der Waals surface area contributed by atoms with Gasteiger partial charge in [-0.2, -0.15) is 4.31 Å². The average Bonchev–Trinajstić information content (AvgIpc) is 3.05. The van der Waals surface area contributed by atoms with Gasteiger partial charge in [-0.25, -0.2) is 8.42 Å². The number of carbonyl (C=O) groups excluding carboxylic acids is 2. The predicted molar refractivity (Wildman–Crippen MR) is 103 cm³/mol. The van der Waals surface area contributed by atoms with E-state index in [2.05, 4.69) is 0 Å². The van der Waals surface area contributed by atoms with E-state index in [1.165, 1.54) is 11.0 Å². The van der Waals surface area contributed by atoms with Gasteiger partial charge in [0.25, 0.3) is 5.91 Å². The molecular formula is C19H28N2O6S. The molecule has 0 spiro atoms. The Labute approximate surface area is 166 Å². The molecule has 1 heterocycles. The highest BCUT2D eigenvalue weighted by molar-refractivity contribution is 7.89. The number of sulfonamides is 1. The number of aliphatic hydroxyl groups excluding tert-OH is 1. The summed E-state index contributed by atoms with van der Waals surface area (Å²) in [5.74, 6) is -1.18. The van der Waals surface area contributed by atoms with Crippen LogP contribution in [0.2, 0.25) is 0 Å². The van der Waals surface area contributed by atoms with Gasteiger partial charge >= 0.3 is 5.97 Å². The first-order valence-corrected chi connectivity index (χ1v) is 10.8. The molecule has 1 saturated heterocycles. The molecule has 0 saturated carbocycles. The number of likely N-dealkylation sites (N-methyl/N-ethyl adjacent to an activating group) is 1. The fourth-order valence-corrected chi connectivity index (χ4v) is 4.88. The molecule has 0 bridgehead atoms. The van der Waals surface area contributed by atoms with Gasteiger partial charge in [0.2, 0.25) is 10.0 Å². The SMILES string of the molecule is CCN(CC)C(=O)COC(=O)C1CC(O)CN1S(=O)(=O)c1ccc(C)c(C)c1. The number of β-amino-alcohol motifs (C(OH)–C–C–N with tert-alkyl or cyclic N) is 1. The Hall–Kier alpha value is -1.97. The first-order valence-electron chi connectivity index (χ1n) is 9.33. The summed E-state index contributed by atoms with van der Waals surface area (Å²) >= 11 is 0. The van der Waals surface area contributed by atoms with Crippen LogP contribution >= 0.6 is 0 Å². The second-order valence-electron chi connectivity index (χ2n) is 6.90. The Morgan fingerprint density at radius 3 is 2.43 bits per heavy atom. The summed E-state index contributed by atoms with van der Waals surface area (Å²) in [6, 6.07) is 3.56. The smallest absolute Gasteiger partial charge is 0.325 e. The number of amides is 1. The van der Waals surface area contributed by atoms with E-state index in [-0.39, 0.29) is 23.8 Å². The number of aryl methyl sites for hydroxylation is 2. The minimum atomic E-state index is -3.99. The van der Waals surface area contributed by atoms with E-state index >= 15 is 0 Å². The zero-order valence-electron chi connectivity index (χ0n) is 16.7. The van der Waals surface area contributed by atoms with Crippen LogP contribution in [-0.2, 0) is 24.3 Å². The van der Waals surface area contributed by atoms with Crippen LogP contribution in [0.4, 0.5) is 0 Å². The van der Waals surface area contributed by atoms with Crippen molar-refractivity contribution in [2.45, 2.75) is 51.2 Å². The summed E-state index contributed by atoms with van der Waals surface area (Å²) in [5.41, 5.74) is 1.76. The van der Waals surface area contributed by atoms with E-state index in [0.717, 1.165) is 15.4 Å². The fraction of sp³-hybridized carbons (Fsp3) is 0.579. The van der Waals surface area contributed by atoms with Crippen molar-refractivity contribution in [3.05, 3.63) is 29.3 Å². The molecular weight excluding hydrogens is 384 g/mol. The standard InChI is InChI=1S/C19H28N2O6S/c1-5-20(6-2)18(23)12-27-19(24)17-10-15(22)11-21(17)28(25,26)16-8-7-13(3)14(4)9-16/h7-9,15,17,22H,5-6,10-12H2,1-4H3. The first-order chi connectivity index (χ1) is 13.1. The second-order valence-corrected chi connectivity index (χ2v) is 8.79. The van der Waals surface area contributed by atoms with E-state index in [1.54, 1.807) is 19.1 Å².